The molecule has 0 aliphatic carbocycles. The molecule has 0 aromatic carbocycles. The van der Waals surface area contributed by atoms with Gasteiger partial charge in [0.05, 0.1) is 24.3 Å². The molecule has 0 saturated heterocycles. The highest BCUT2D eigenvalue weighted by molar-refractivity contribution is 5.69. The van der Waals surface area contributed by atoms with Crippen molar-refractivity contribution in [2.75, 3.05) is 0 Å². The molecule has 3 aromatic heterocycles. The van der Waals surface area contributed by atoms with E-state index in [-0.39, 0.29) is 0 Å². The Kier molecular flexibility index (Phi) is 4.07. The van der Waals surface area contributed by atoms with Crippen LogP contribution >= 0.6 is 0 Å². The standard InChI is InChI=1S/C24H16O4/c1-2-18-11-12-20-5-6-22(27-20)15-16-24-8-7-23(28-24)14-13-21-4-3-19(26-21)10-9-17(1)25-18/h1-16H/q+2. The Morgan fingerprint density at radius 1 is 0.357 bits per heavy atom. The lowest BCUT2D eigenvalue weighted by Gasteiger charge is -1.76. The lowest BCUT2D eigenvalue weighted by molar-refractivity contribution is 0.543. The summed E-state index contributed by atoms with van der Waals surface area (Å²) in [4.78, 5) is 0. The molecule has 4 nitrogen and oxygen atoms in total. The average molecular weight is 368 g/mol. The van der Waals surface area contributed by atoms with Crippen LogP contribution in [0.5, 0.6) is 0 Å². The van der Waals surface area contributed by atoms with E-state index in [0.29, 0.717) is 0 Å². The number of rotatable bonds is 0. The summed E-state index contributed by atoms with van der Waals surface area (Å²) in [5.41, 5.74) is 2.98. The molecule has 0 N–H and O–H groups in total. The molecule has 5 heterocycles. The highest BCUT2D eigenvalue weighted by atomic mass is 16.3. The van der Waals surface area contributed by atoms with Crippen LogP contribution in [0.25, 0.3) is 46.6 Å². The predicted octanol–water partition coefficient (Wildman–Crippen LogP) is 7.27. The van der Waals surface area contributed by atoms with Crippen molar-refractivity contribution >= 4 is 46.6 Å². The SMILES string of the molecule is C1=Cc2ccc3ccc(ccc4[o+]c(ccc5ccc(ccc1[o+]2)o5)C=C4)o3. The first-order valence-electron chi connectivity index (χ1n) is 8.92. The number of hydrogen-bond donors (Lipinski definition) is 0. The zero-order chi connectivity index (χ0) is 18.8. The molecule has 0 saturated carbocycles. The highest BCUT2D eigenvalue weighted by Gasteiger charge is 2.12. The van der Waals surface area contributed by atoms with Gasteiger partial charge in [0.2, 0.25) is 0 Å². The molecule has 0 atom stereocenters. The summed E-state index contributed by atoms with van der Waals surface area (Å²) >= 11 is 0. The quantitative estimate of drug-likeness (QED) is 0.270. The van der Waals surface area contributed by atoms with Crippen molar-refractivity contribution in [3.05, 3.63) is 95.8 Å². The van der Waals surface area contributed by atoms with Crippen LogP contribution in [-0.4, -0.2) is 0 Å². The van der Waals surface area contributed by atoms with Gasteiger partial charge in [-0.05, 0) is 48.5 Å². The Morgan fingerprint density at radius 3 is 0.893 bits per heavy atom. The summed E-state index contributed by atoms with van der Waals surface area (Å²) < 4.78 is 23.1. The van der Waals surface area contributed by atoms with Crippen molar-refractivity contribution in [2.45, 2.75) is 0 Å². The Labute approximate surface area is 160 Å². The molecule has 3 aromatic rings. The van der Waals surface area contributed by atoms with Crippen molar-refractivity contribution in [3.8, 4) is 0 Å². The van der Waals surface area contributed by atoms with Crippen LogP contribution in [0.15, 0.2) is 90.5 Å². The molecule has 0 unspecified atom stereocenters. The van der Waals surface area contributed by atoms with Crippen molar-refractivity contribution in [2.24, 2.45) is 0 Å². The summed E-state index contributed by atoms with van der Waals surface area (Å²) in [5, 5.41) is 0. The van der Waals surface area contributed by atoms with Gasteiger partial charge in [-0.15, -0.1) is 0 Å². The van der Waals surface area contributed by atoms with E-state index in [1.54, 1.807) is 0 Å². The van der Waals surface area contributed by atoms with Gasteiger partial charge in [-0.3, -0.25) is 0 Å². The van der Waals surface area contributed by atoms with E-state index < -0.39 is 0 Å². The Morgan fingerprint density at radius 2 is 0.607 bits per heavy atom. The van der Waals surface area contributed by atoms with E-state index in [0.717, 1.165) is 45.4 Å². The lowest BCUT2D eigenvalue weighted by Crippen LogP contribution is -1.61. The maximum atomic E-state index is 5.78. The van der Waals surface area contributed by atoms with Crippen molar-refractivity contribution in [1.29, 1.82) is 0 Å². The number of fused-ring (bicyclic) bond motifs is 8. The maximum Gasteiger partial charge on any atom is 0.354 e. The van der Waals surface area contributed by atoms with Crippen molar-refractivity contribution in [1.82, 2.24) is 0 Å². The fraction of sp³-hybridized carbons (Fsp3) is 0. The summed E-state index contributed by atoms with van der Waals surface area (Å²) in [5.74, 6) is 2.98. The minimum atomic E-state index is 0.744. The van der Waals surface area contributed by atoms with Gasteiger partial charge in [0.1, 0.15) is 22.3 Å². The minimum absolute atomic E-state index is 0.744. The van der Waals surface area contributed by atoms with Crippen LogP contribution in [0.2, 0.25) is 0 Å². The van der Waals surface area contributed by atoms with E-state index in [1.807, 2.05) is 97.1 Å². The van der Waals surface area contributed by atoms with Crippen LogP contribution in [0.3, 0.4) is 0 Å². The van der Waals surface area contributed by atoms with E-state index in [4.69, 9.17) is 17.7 Å². The first-order valence-corrected chi connectivity index (χ1v) is 8.92. The fourth-order valence-electron chi connectivity index (χ4n) is 2.85. The van der Waals surface area contributed by atoms with E-state index in [2.05, 4.69) is 0 Å². The highest BCUT2D eigenvalue weighted by Crippen LogP contribution is 2.18. The molecular weight excluding hydrogens is 352 g/mol. The van der Waals surface area contributed by atoms with Gasteiger partial charge in [-0.1, -0.05) is 0 Å². The summed E-state index contributed by atoms with van der Waals surface area (Å²) in [6, 6.07) is 22.6. The minimum Gasteiger partial charge on any atom is -0.457 e. The molecule has 0 fully saturated rings. The number of furan rings is 2. The first-order chi connectivity index (χ1) is 13.8. The third-order valence-electron chi connectivity index (χ3n) is 4.24. The van der Waals surface area contributed by atoms with Gasteiger partial charge in [0, 0.05) is 24.3 Å². The van der Waals surface area contributed by atoms with Crippen LogP contribution in [0.1, 0.15) is 23.0 Å². The van der Waals surface area contributed by atoms with E-state index in [9.17, 15) is 0 Å². The second kappa shape index (κ2) is 7.00. The molecule has 5 rings (SSSR count). The molecule has 2 aliphatic heterocycles. The lowest BCUT2D eigenvalue weighted by atomic mass is 10.3. The van der Waals surface area contributed by atoms with Crippen LogP contribution in [-0.2, 0) is 0 Å². The van der Waals surface area contributed by atoms with Crippen LogP contribution < -0.4 is 0 Å². The molecular formula is C24H16O4+2. The second-order valence-corrected chi connectivity index (χ2v) is 6.29. The number of hydrogen-bond acceptors (Lipinski definition) is 2. The van der Waals surface area contributed by atoms with E-state index >= 15 is 0 Å². The molecule has 4 heteroatoms. The zero-order valence-electron chi connectivity index (χ0n) is 14.9. The van der Waals surface area contributed by atoms with Crippen molar-refractivity contribution < 1.29 is 17.7 Å². The van der Waals surface area contributed by atoms with Gasteiger partial charge >= 0.3 is 23.0 Å². The molecule has 2 aliphatic rings. The first kappa shape index (κ1) is 16.3. The summed E-state index contributed by atoms with van der Waals surface area (Å²) in [6.07, 6.45) is 7.64. The monoisotopic (exact) mass is 368 g/mol. The largest absolute Gasteiger partial charge is 0.457 e. The zero-order valence-corrected chi connectivity index (χ0v) is 14.9. The predicted molar refractivity (Wildman–Crippen MR) is 110 cm³/mol. The third kappa shape index (κ3) is 3.62. The Bertz CT molecular complexity index is 1120. The maximum absolute atomic E-state index is 5.78. The normalized spacial score (nSPS) is 12.0. The topological polar surface area (TPSA) is 48.9 Å². The average Bonchev–Trinajstić information content (AvgIpc) is 3.49. The van der Waals surface area contributed by atoms with Crippen LogP contribution in [0, 0.1) is 0 Å². The molecule has 28 heavy (non-hydrogen) atoms. The van der Waals surface area contributed by atoms with Gasteiger partial charge in [-0.25, -0.2) is 8.83 Å². The molecule has 0 radical (unpaired) electrons. The molecule has 0 spiro atoms. The summed E-state index contributed by atoms with van der Waals surface area (Å²) in [6.45, 7) is 0. The van der Waals surface area contributed by atoms with Gasteiger partial charge < -0.3 is 8.83 Å². The molecule has 8 bridgehead atoms. The Balaban J connectivity index is 1.71. The van der Waals surface area contributed by atoms with Gasteiger partial charge in [0.25, 0.3) is 0 Å². The smallest absolute Gasteiger partial charge is 0.354 e. The molecule has 134 valence electrons. The third-order valence-corrected chi connectivity index (χ3v) is 4.24. The second-order valence-electron chi connectivity index (χ2n) is 6.29. The van der Waals surface area contributed by atoms with Crippen LogP contribution in [0.4, 0.5) is 0 Å². The Hall–Kier alpha value is -3.92. The van der Waals surface area contributed by atoms with Gasteiger partial charge in [-0.2, -0.15) is 0 Å². The fourth-order valence-corrected chi connectivity index (χ4v) is 2.85. The van der Waals surface area contributed by atoms with E-state index in [1.165, 1.54) is 0 Å². The van der Waals surface area contributed by atoms with Crippen molar-refractivity contribution in [3.63, 3.8) is 0 Å². The summed E-state index contributed by atoms with van der Waals surface area (Å²) in [7, 11) is 0. The molecule has 0 amide bonds. The van der Waals surface area contributed by atoms with Gasteiger partial charge in [0.15, 0.2) is 0 Å².